The number of aromatic nitrogens is 1. The van der Waals surface area contributed by atoms with E-state index in [-0.39, 0.29) is 17.2 Å². The van der Waals surface area contributed by atoms with Gasteiger partial charge in [-0.05, 0) is 37.4 Å². The summed E-state index contributed by atoms with van der Waals surface area (Å²) >= 11 is 0. The van der Waals surface area contributed by atoms with Crippen LogP contribution in [0.2, 0.25) is 0 Å². The van der Waals surface area contributed by atoms with Gasteiger partial charge in [0.15, 0.2) is 17.1 Å². The van der Waals surface area contributed by atoms with Crippen LogP contribution in [0.5, 0.6) is 0 Å². The zero-order chi connectivity index (χ0) is 23.8. The fourth-order valence-electron chi connectivity index (χ4n) is 3.53. The Hall–Kier alpha value is -3.97. The highest BCUT2D eigenvalue weighted by atomic mass is 16.7. The molecular weight excluding hydrogens is 432 g/mol. The van der Waals surface area contributed by atoms with Crippen molar-refractivity contribution in [1.29, 1.82) is 5.26 Å². The van der Waals surface area contributed by atoms with Gasteiger partial charge in [-0.1, -0.05) is 6.07 Å². The number of fused-ring (bicyclic) bond motifs is 1. The first-order valence-electron chi connectivity index (χ1n) is 9.84. The van der Waals surface area contributed by atoms with Gasteiger partial charge in [-0.25, -0.2) is 14.8 Å². The van der Waals surface area contributed by atoms with E-state index in [9.17, 15) is 20.3 Å². The molecule has 4 heterocycles. The van der Waals surface area contributed by atoms with E-state index in [0.29, 0.717) is 5.69 Å². The molecule has 4 rings (SSSR count). The molecular formula is C21H20N6O6. The van der Waals surface area contributed by atoms with Crippen LogP contribution in [0.25, 0.3) is 0 Å². The van der Waals surface area contributed by atoms with Crippen LogP contribution < -0.4 is 5.73 Å². The summed E-state index contributed by atoms with van der Waals surface area (Å²) in [6.45, 7) is 2.78. The molecule has 12 heteroatoms. The maximum atomic E-state index is 12.3. The molecule has 1 aromatic rings. The van der Waals surface area contributed by atoms with Gasteiger partial charge < -0.3 is 30.2 Å². The molecule has 3 aliphatic rings. The molecule has 0 radical (unpaired) electrons. The van der Waals surface area contributed by atoms with Gasteiger partial charge in [0.2, 0.25) is 5.60 Å². The maximum absolute atomic E-state index is 12.3. The number of hydrogen-bond donors (Lipinski definition) is 3. The van der Waals surface area contributed by atoms with Gasteiger partial charge in [-0.3, -0.25) is 4.98 Å². The number of nitriles is 1. The van der Waals surface area contributed by atoms with E-state index in [4.69, 9.17) is 19.9 Å². The number of nitrogens with zero attached hydrogens (tertiary/aromatic N) is 5. The van der Waals surface area contributed by atoms with Gasteiger partial charge in [0, 0.05) is 6.20 Å². The predicted molar refractivity (Wildman–Crippen MR) is 111 cm³/mol. The molecule has 1 saturated heterocycles. The monoisotopic (exact) mass is 452 g/mol. The van der Waals surface area contributed by atoms with Crippen molar-refractivity contribution in [1.82, 2.24) is 9.99 Å². The highest BCUT2D eigenvalue weighted by Gasteiger charge is 2.60. The third-order valence-corrected chi connectivity index (χ3v) is 5.29. The first-order valence-corrected chi connectivity index (χ1v) is 9.84. The predicted octanol–water partition coefficient (Wildman–Crippen LogP) is 0.00438. The molecule has 0 unspecified atom stereocenters. The first-order chi connectivity index (χ1) is 15.7. The number of aliphatic imine (C=N–C) groups is 1. The molecule has 0 amide bonds. The minimum absolute atomic E-state index is 0.0398. The Bertz CT molecular complexity index is 1180. The molecule has 4 atom stereocenters. The number of amidine groups is 1. The third kappa shape index (κ3) is 3.76. The van der Waals surface area contributed by atoms with Crippen LogP contribution in [0.4, 0.5) is 4.79 Å². The number of ether oxygens (including phenoxy) is 3. The number of rotatable bonds is 5. The summed E-state index contributed by atoms with van der Waals surface area (Å²) in [6, 6.07) is 7.04. The van der Waals surface area contributed by atoms with Crippen molar-refractivity contribution in [2.45, 2.75) is 43.4 Å². The maximum Gasteiger partial charge on any atom is 0.509 e. The zero-order valence-electron chi connectivity index (χ0n) is 17.7. The Morgan fingerprint density at radius 1 is 1.42 bits per heavy atom. The lowest BCUT2D eigenvalue weighted by atomic mass is 9.92. The summed E-state index contributed by atoms with van der Waals surface area (Å²) in [5.74, 6) is 0.0757. The highest BCUT2D eigenvalue weighted by Crippen LogP contribution is 2.41. The van der Waals surface area contributed by atoms with Crippen LogP contribution in [0.15, 0.2) is 57.3 Å². The Kier molecular flexibility index (Phi) is 5.51. The molecule has 0 spiro atoms. The second-order valence-corrected chi connectivity index (χ2v) is 7.83. The number of hydrazone groups is 1. The van der Waals surface area contributed by atoms with Crippen LogP contribution in [0, 0.1) is 11.3 Å². The molecule has 0 saturated carbocycles. The number of hydrogen-bond acceptors (Lipinski definition) is 12. The first kappa shape index (κ1) is 22.2. The molecule has 4 N–H and O–H groups in total. The minimum Gasteiger partial charge on any atom is -0.431 e. The summed E-state index contributed by atoms with van der Waals surface area (Å²) in [6.07, 6.45) is -2.86. The van der Waals surface area contributed by atoms with Crippen molar-refractivity contribution in [2.75, 3.05) is 6.61 Å². The lowest BCUT2D eigenvalue weighted by Crippen LogP contribution is -2.48. The summed E-state index contributed by atoms with van der Waals surface area (Å²) in [5.41, 5.74) is 8.66. The number of pyridine rings is 1. The smallest absolute Gasteiger partial charge is 0.431 e. The highest BCUT2D eigenvalue weighted by molar-refractivity contribution is 6.02. The van der Waals surface area contributed by atoms with Crippen LogP contribution in [0.1, 0.15) is 19.5 Å². The van der Waals surface area contributed by atoms with Gasteiger partial charge in [0.1, 0.15) is 43.0 Å². The molecule has 0 aromatic carbocycles. The van der Waals surface area contributed by atoms with E-state index in [0.717, 1.165) is 6.34 Å². The van der Waals surface area contributed by atoms with Crippen molar-refractivity contribution in [2.24, 2.45) is 15.8 Å². The molecule has 1 fully saturated rings. The number of carbonyl (C=O) groups is 1. The largest absolute Gasteiger partial charge is 0.509 e. The molecule has 170 valence electrons. The fourth-order valence-corrected chi connectivity index (χ4v) is 3.53. The van der Waals surface area contributed by atoms with Crippen molar-refractivity contribution in [3.63, 3.8) is 0 Å². The van der Waals surface area contributed by atoms with Crippen molar-refractivity contribution in [3.05, 3.63) is 52.9 Å². The lowest BCUT2D eigenvalue weighted by molar-refractivity contribution is -0.0718. The van der Waals surface area contributed by atoms with Gasteiger partial charge in [-0.15, -0.1) is 0 Å². The molecule has 12 nitrogen and oxygen atoms in total. The SMILES string of the molecule is CC(C)(OC(=O)OC[C@H]1O[C@@](C#N)(C2=C=C=C3C(N)=NC=NN32)[C@H](O)[C@@H]1O)c1ccccn1. The quantitative estimate of drug-likeness (QED) is 0.407. The number of aliphatic hydroxyl groups is 2. The summed E-state index contributed by atoms with van der Waals surface area (Å²) < 4.78 is 16.1. The summed E-state index contributed by atoms with van der Waals surface area (Å²) in [7, 11) is 0. The standard InChI is InChI=1S/C21H20N6O6/c1-20(2,14-5-3-4-8-24-14)33-19(30)31-9-13-16(28)17(29)21(10-22,32-13)15-7-6-12-18(23)25-11-26-27(12)15/h3-5,8,11,13,16-17,28-29H,9H2,1-2H3,(H2,23,25,26)/t13-,16-,17-,21+/m1/s1. The number of carbonyl (C=O) groups excluding carboxylic acids is 1. The lowest BCUT2D eigenvalue weighted by Gasteiger charge is -2.31. The van der Waals surface area contributed by atoms with Crippen LogP contribution in [-0.2, 0) is 19.8 Å². The van der Waals surface area contributed by atoms with Crippen molar-refractivity contribution < 1.29 is 29.2 Å². The molecule has 0 aliphatic carbocycles. The van der Waals surface area contributed by atoms with E-state index >= 15 is 0 Å². The zero-order valence-corrected chi connectivity index (χ0v) is 17.7. The molecule has 1 aromatic heterocycles. The Morgan fingerprint density at radius 2 is 2.21 bits per heavy atom. The number of nitrogens with two attached hydrogens (primary N) is 1. The fraction of sp³-hybridized carbons (Fsp3) is 0.381. The van der Waals surface area contributed by atoms with E-state index in [2.05, 4.69) is 26.5 Å². The van der Waals surface area contributed by atoms with Gasteiger partial charge in [0.05, 0.1) is 5.69 Å². The van der Waals surface area contributed by atoms with Crippen molar-refractivity contribution in [3.8, 4) is 6.07 Å². The third-order valence-electron chi connectivity index (χ3n) is 5.29. The normalized spacial score (nSPS) is 27.9. The van der Waals surface area contributed by atoms with E-state index in [1.54, 1.807) is 38.2 Å². The molecule has 0 bridgehead atoms. The summed E-state index contributed by atoms with van der Waals surface area (Å²) in [5, 5.41) is 36.3. The van der Waals surface area contributed by atoms with Gasteiger partial charge in [-0.2, -0.15) is 10.4 Å². The van der Waals surface area contributed by atoms with Crippen LogP contribution in [0.3, 0.4) is 0 Å². The van der Waals surface area contributed by atoms with Crippen molar-refractivity contribution >= 4 is 18.3 Å². The summed E-state index contributed by atoms with van der Waals surface area (Å²) in [4.78, 5) is 20.3. The van der Waals surface area contributed by atoms with Crippen LogP contribution >= 0.6 is 0 Å². The Morgan fingerprint density at radius 3 is 2.91 bits per heavy atom. The van der Waals surface area contributed by atoms with E-state index < -0.39 is 42.3 Å². The van der Waals surface area contributed by atoms with E-state index in [1.165, 1.54) is 5.01 Å². The average Bonchev–Trinajstić information content (AvgIpc) is 3.34. The van der Waals surface area contributed by atoms with Crippen LogP contribution in [-0.4, -0.2) is 69.1 Å². The Labute approximate surface area is 188 Å². The van der Waals surface area contributed by atoms with Gasteiger partial charge in [0.25, 0.3) is 0 Å². The topological polar surface area (TPSA) is 176 Å². The average molecular weight is 452 g/mol. The second kappa shape index (κ2) is 8.18. The minimum atomic E-state index is -2.08. The van der Waals surface area contributed by atoms with Gasteiger partial charge >= 0.3 is 6.16 Å². The molecule has 33 heavy (non-hydrogen) atoms. The van der Waals surface area contributed by atoms with E-state index in [1.807, 2.05) is 6.07 Å². The Balaban J connectivity index is 1.46. The molecule has 3 aliphatic heterocycles. The number of aliphatic hydroxyl groups excluding tert-OH is 2. The second-order valence-electron chi connectivity index (χ2n) is 7.83.